The molecule has 1 aliphatic carbocycles. The van der Waals surface area contributed by atoms with Crippen molar-refractivity contribution in [2.24, 2.45) is 0 Å². The molecule has 1 atom stereocenters. The molecule has 4 rings (SSSR count). The van der Waals surface area contributed by atoms with Gasteiger partial charge in [-0.2, -0.15) is 0 Å². The predicted octanol–water partition coefficient (Wildman–Crippen LogP) is 2.55. The largest absolute Gasteiger partial charge is 0.347 e. The Hall–Kier alpha value is -1.69. The Kier molecular flexibility index (Phi) is 3.52. The normalized spacial score (nSPS) is 20.3. The number of aryl methyl sites for hydroxylation is 3. The number of anilines is 1. The quantitative estimate of drug-likeness (QED) is 0.849. The van der Waals surface area contributed by atoms with Crippen LogP contribution in [0.4, 0.5) is 5.82 Å². The van der Waals surface area contributed by atoms with E-state index in [1.807, 2.05) is 32.4 Å². The first kappa shape index (κ1) is 14.9. The first-order valence-electron chi connectivity index (χ1n) is 8.33. The van der Waals surface area contributed by atoms with Crippen LogP contribution >= 0.6 is 11.3 Å². The van der Waals surface area contributed by atoms with Gasteiger partial charge in [-0.05, 0) is 44.6 Å². The summed E-state index contributed by atoms with van der Waals surface area (Å²) in [4.78, 5) is 28.5. The highest BCUT2D eigenvalue weighted by Gasteiger charge is 2.35. The Morgan fingerprint density at radius 1 is 1.26 bits per heavy atom. The molecule has 23 heavy (non-hydrogen) atoms. The SMILES string of the molecule is Cc1nc(N2CCCC2C(=O)N(C)C)c2c3c(sc2n1)CCC3. The van der Waals surface area contributed by atoms with Crippen LogP contribution in [0.2, 0.25) is 0 Å². The second kappa shape index (κ2) is 5.44. The zero-order valence-electron chi connectivity index (χ0n) is 13.9. The fraction of sp³-hybridized carbons (Fsp3) is 0.588. The van der Waals surface area contributed by atoms with Crippen molar-refractivity contribution < 1.29 is 4.79 Å². The summed E-state index contributed by atoms with van der Waals surface area (Å²) in [6.45, 7) is 2.85. The first-order chi connectivity index (χ1) is 11.1. The molecule has 1 saturated heterocycles. The lowest BCUT2D eigenvalue weighted by molar-refractivity contribution is -0.129. The van der Waals surface area contributed by atoms with Gasteiger partial charge in [0.2, 0.25) is 5.91 Å². The van der Waals surface area contributed by atoms with E-state index in [2.05, 4.69) is 9.88 Å². The van der Waals surface area contributed by atoms with Crippen LogP contribution in [0.15, 0.2) is 0 Å². The van der Waals surface area contributed by atoms with Crippen LogP contribution in [0, 0.1) is 6.92 Å². The molecule has 1 unspecified atom stereocenters. The summed E-state index contributed by atoms with van der Waals surface area (Å²) in [6, 6.07) is -0.0838. The Morgan fingerprint density at radius 3 is 2.87 bits per heavy atom. The molecule has 0 spiro atoms. The fourth-order valence-electron chi connectivity index (χ4n) is 3.86. The van der Waals surface area contributed by atoms with Crippen molar-refractivity contribution >= 4 is 33.3 Å². The molecule has 1 amide bonds. The minimum Gasteiger partial charge on any atom is -0.347 e. The number of rotatable bonds is 2. The van der Waals surface area contributed by atoms with Crippen molar-refractivity contribution in [3.8, 4) is 0 Å². The summed E-state index contributed by atoms with van der Waals surface area (Å²) in [5, 5.41) is 1.21. The predicted molar refractivity (Wildman–Crippen MR) is 93.2 cm³/mol. The number of thiophene rings is 1. The smallest absolute Gasteiger partial charge is 0.244 e. The van der Waals surface area contributed by atoms with E-state index < -0.39 is 0 Å². The number of hydrogen-bond donors (Lipinski definition) is 0. The van der Waals surface area contributed by atoms with Gasteiger partial charge >= 0.3 is 0 Å². The summed E-state index contributed by atoms with van der Waals surface area (Å²) in [6.07, 6.45) is 5.46. The third-order valence-corrected chi connectivity index (χ3v) is 6.09. The van der Waals surface area contributed by atoms with Gasteiger partial charge in [-0.1, -0.05) is 0 Å². The number of hydrogen-bond acceptors (Lipinski definition) is 5. The van der Waals surface area contributed by atoms with E-state index in [-0.39, 0.29) is 11.9 Å². The zero-order chi connectivity index (χ0) is 16.1. The minimum atomic E-state index is -0.0838. The van der Waals surface area contributed by atoms with E-state index in [1.165, 1.54) is 22.2 Å². The average Bonchev–Trinajstić information content (AvgIpc) is 3.19. The second-order valence-electron chi connectivity index (χ2n) is 6.72. The van der Waals surface area contributed by atoms with E-state index in [1.54, 1.807) is 4.90 Å². The van der Waals surface area contributed by atoms with Crippen LogP contribution in [-0.2, 0) is 17.6 Å². The summed E-state index contributed by atoms with van der Waals surface area (Å²) >= 11 is 1.82. The molecule has 0 aromatic carbocycles. The molecule has 122 valence electrons. The molecule has 5 nitrogen and oxygen atoms in total. The molecule has 2 aromatic rings. The maximum atomic E-state index is 12.6. The summed E-state index contributed by atoms with van der Waals surface area (Å²) < 4.78 is 0. The monoisotopic (exact) mass is 330 g/mol. The Labute approximate surface area is 140 Å². The van der Waals surface area contributed by atoms with Crippen LogP contribution in [0.25, 0.3) is 10.2 Å². The topological polar surface area (TPSA) is 49.3 Å². The standard InChI is InChI=1S/C17H22N4OS/c1-10-18-15(21-9-5-7-12(21)17(22)20(2)3)14-11-6-4-8-13(11)23-16(14)19-10/h12H,4-9H2,1-3H3. The fourth-order valence-corrected chi connectivity index (χ4v) is 5.16. The molecule has 3 heterocycles. The van der Waals surface area contributed by atoms with Crippen LogP contribution in [0.5, 0.6) is 0 Å². The Balaban J connectivity index is 1.86. The van der Waals surface area contributed by atoms with Gasteiger partial charge in [-0.3, -0.25) is 4.79 Å². The summed E-state index contributed by atoms with van der Waals surface area (Å²) in [7, 11) is 3.67. The first-order valence-corrected chi connectivity index (χ1v) is 9.14. The van der Waals surface area contributed by atoms with Crippen LogP contribution in [0.3, 0.4) is 0 Å². The number of likely N-dealkylation sites (N-methyl/N-ethyl adjacent to an activating group) is 1. The van der Waals surface area contributed by atoms with E-state index >= 15 is 0 Å². The third kappa shape index (κ3) is 2.31. The van der Waals surface area contributed by atoms with Crippen molar-refractivity contribution in [2.45, 2.75) is 45.1 Å². The lowest BCUT2D eigenvalue weighted by Crippen LogP contribution is -2.43. The number of aromatic nitrogens is 2. The molecule has 0 N–H and O–H groups in total. The molecular formula is C17H22N4OS. The lowest BCUT2D eigenvalue weighted by atomic mass is 10.1. The third-order valence-electron chi connectivity index (χ3n) is 4.91. The Bertz CT molecular complexity index is 782. The Morgan fingerprint density at radius 2 is 2.09 bits per heavy atom. The van der Waals surface area contributed by atoms with E-state index in [4.69, 9.17) is 4.98 Å². The lowest BCUT2D eigenvalue weighted by Gasteiger charge is -2.28. The van der Waals surface area contributed by atoms with Crippen molar-refractivity contribution in [3.05, 3.63) is 16.3 Å². The highest BCUT2D eigenvalue weighted by Crippen LogP contribution is 2.42. The van der Waals surface area contributed by atoms with Crippen LogP contribution < -0.4 is 4.90 Å². The minimum absolute atomic E-state index is 0.0838. The van der Waals surface area contributed by atoms with Gasteiger partial charge in [-0.15, -0.1) is 11.3 Å². The van der Waals surface area contributed by atoms with Crippen molar-refractivity contribution in [2.75, 3.05) is 25.5 Å². The number of carbonyl (C=O) groups is 1. The summed E-state index contributed by atoms with van der Waals surface area (Å²) in [5.74, 6) is 1.97. The maximum absolute atomic E-state index is 12.6. The van der Waals surface area contributed by atoms with Gasteiger partial charge < -0.3 is 9.80 Å². The highest BCUT2D eigenvalue weighted by atomic mass is 32.1. The molecule has 0 bridgehead atoms. The van der Waals surface area contributed by atoms with Crippen molar-refractivity contribution in [1.82, 2.24) is 14.9 Å². The average molecular weight is 330 g/mol. The molecule has 2 aliphatic rings. The second-order valence-corrected chi connectivity index (χ2v) is 7.80. The van der Waals surface area contributed by atoms with Gasteiger partial charge in [0.25, 0.3) is 0 Å². The van der Waals surface area contributed by atoms with Gasteiger partial charge in [-0.25, -0.2) is 9.97 Å². The van der Waals surface area contributed by atoms with Crippen molar-refractivity contribution in [1.29, 1.82) is 0 Å². The van der Waals surface area contributed by atoms with E-state index in [0.717, 1.165) is 48.7 Å². The number of nitrogens with zero attached hydrogens (tertiary/aromatic N) is 4. The van der Waals surface area contributed by atoms with E-state index in [0.29, 0.717) is 0 Å². The zero-order valence-corrected chi connectivity index (χ0v) is 14.7. The molecule has 2 aromatic heterocycles. The maximum Gasteiger partial charge on any atom is 0.244 e. The molecule has 0 saturated carbocycles. The molecular weight excluding hydrogens is 308 g/mol. The van der Waals surface area contributed by atoms with Crippen LogP contribution in [0.1, 0.15) is 35.5 Å². The van der Waals surface area contributed by atoms with Gasteiger partial charge in [0.1, 0.15) is 22.5 Å². The molecule has 6 heteroatoms. The molecule has 1 fully saturated rings. The number of fused-ring (bicyclic) bond motifs is 3. The number of amides is 1. The molecule has 1 aliphatic heterocycles. The van der Waals surface area contributed by atoms with Gasteiger partial charge in [0.05, 0.1) is 5.39 Å². The van der Waals surface area contributed by atoms with Gasteiger partial charge in [0, 0.05) is 25.5 Å². The number of carbonyl (C=O) groups excluding carboxylic acids is 1. The van der Waals surface area contributed by atoms with Crippen LogP contribution in [-0.4, -0.2) is 47.5 Å². The van der Waals surface area contributed by atoms with E-state index in [9.17, 15) is 4.79 Å². The summed E-state index contributed by atoms with van der Waals surface area (Å²) in [5.41, 5.74) is 1.43. The highest BCUT2D eigenvalue weighted by molar-refractivity contribution is 7.19. The van der Waals surface area contributed by atoms with Crippen molar-refractivity contribution in [3.63, 3.8) is 0 Å². The molecule has 0 radical (unpaired) electrons. The van der Waals surface area contributed by atoms with Gasteiger partial charge in [0.15, 0.2) is 0 Å².